The molecule has 4 heterocycles. The van der Waals surface area contributed by atoms with Crippen molar-refractivity contribution in [3.8, 4) is 11.3 Å². The number of amides is 2. The monoisotopic (exact) mass is 499 g/mol. The van der Waals surface area contributed by atoms with E-state index < -0.39 is 0 Å². The molecule has 5 rings (SSSR count). The maximum atomic E-state index is 13.1. The van der Waals surface area contributed by atoms with Gasteiger partial charge in [-0.2, -0.15) is 0 Å². The van der Waals surface area contributed by atoms with Gasteiger partial charge in [-0.25, -0.2) is 9.97 Å². The van der Waals surface area contributed by atoms with Gasteiger partial charge in [0.25, 0.3) is 5.91 Å². The molecule has 1 aromatic heterocycles. The van der Waals surface area contributed by atoms with Gasteiger partial charge in [0, 0.05) is 50.1 Å². The van der Waals surface area contributed by atoms with Crippen LogP contribution in [0.5, 0.6) is 0 Å². The summed E-state index contributed by atoms with van der Waals surface area (Å²) in [4.78, 5) is 36.1. The Morgan fingerprint density at radius 3 is 2.83 bits per heavy atom. The van der Waals surface area contributed by atoms with Crippen LogP contribution in [0.25, 0.3) is 11.3 Å². The molecule has 186 valence electrons. The summed E-state index contributed by atoms with van der Waals surface area (Å²) in [5.41, 5.74) is 2.77. The van der Waals surface area contributed by atoms with E-state index in [4.69, 9.17) is 21.1 Å². The van der Waals surface area contributed by atoms with E-state index in [0.29, 0.717) is 61.1 Å². The number of aromatic nitrogens is 2. The lowest BCUT2D eigenvalue weighted by Gasteiger charge is -2.23. The summed E-state index contributed by atoms with van der Waals surface area (Å²) in [7, 11) is 0. The van der Waals surface area contributed by atoms with Gasteiger partial charge in [-0.05, 0) is 43.2 Å². The predicted octanol–water partition coefficient (Wildman–Crippen LogP) is 2.89. The molecule has 0 radical (unpaired) electrons. The van der Waals surface area contributed by atoms with Gasteiger partial charge >= 0.3 is 0 Å². The topological polar surface area (TPSA) is 106 Å². The number of carbonyl (C=O) groups excluding carboxylic acids is 2. The molecule has 2 saturated heterocycles. The molecule has 2 N–H and O–H groups in total. The number of benzene rings is 1. The number of halogens is 1. The average molecular weight is 500 g/mol. The van der Waals surface area contributed by atoms with E-state index in [-0.39, 0.29) is 24.4 Å². The minimum Gasteiger partial charge on any atom is -0.381 e. The Morgan fingerprint density at radius 1 is 1.17 bits per heavy atom. The summed E-state index contributed by atoms with van der Waals surface area (Å²) < 4.78 is 10.9. The van der Waals surface area contributed by atoms with E-state index in [0.717, 1.165) is 43.4 Å². The molecule has 2 aromatic rings. The maximum Gasteiger partial charge on any atom is 0.254 e. The number of hydrogen-bond donors (Lipinski definition) is 2. The summed E-state index contributed by atoms with van der Waals surface area (Å²) in [6.07, 6.45) is 5.44. The van der Waals surface area contributed by atoms with Gasteiger partial charge in [0.15, 0.2) is 0 Å². The van der Waals surface area contributed by atoms with Gasteiger partial charge in [-0.1, -0.05) is 23.7 Å². The second kappa shape index (κ2) is 10.9. The molecule has 3 aliphatic heterocycles. The van der Waals surface area contributed by atoms with E-state index in [2.05, 4.69) is 20.6 Å². The highest BCUT2D eigenvalue weighted by molar-refractivity contribution is 6.33. The normalized spacial score (nSPS) is 20.5. The number of nitrogens with zero attached hydrogens (tertiary/aromatic N) is 3. The third-order valence-corrected chi connectivity index (χ3v) is 7.01. The van der Waals surface area contributed by atoms with Crippen LogP contribution in [0, 0.1) is 5.92 Å². The second-order valence-electron chi connectivity index (χ2n) is 9.34. The zero-order valence-electron chi connectivity index (χ0n) is 19.6. The summed E-state index contributed by atoms with van der Waals surface area (Å²) in [5.74, 6) is 0.526. The molecule has 1 atom stereocenters. The van der Waals surface area contributed by atoms with Crippen LogP contribution in [0.1, 0.15) is 41.6 Å². The van der Waals surface area contributed by atoms with Crippen molar-refractivity contribution < 1.29 is 19.1 Å². The summed E-state index contributed by atoms with van der Waals surface area (Å²) in [6, 6.07) is 5.88. The lowest BCUT2D eigenvalue weighted by molar-refractivity contribution is -0.122. The summed E-state index contributed by atoms with van der Waals surface area (Å²) in [5, 5.41) is 6.72. The van der Waals surface area contributed by atoms with Gasteiger partial charge in [0.05, 0.1) is 23.5 Å². The number of fused-ring (bicyclic) bond motifs is 1. The fourth-order valence-corrected chi connectivity index (χ4v) is 4.96. The zero-order valence-corrected chi connectivity index (χ0v) is 20.4. The first-order valence-corrected chi connectivity index (χ1v) is 12.6. The van der Waals surface area contributed by atoms with Crippen molar-refractivity contribution in [2.75, 3.05) is 44.8 Å². The molecule has 1 unspecified atom stereocenters. The van der Waals surface area contributed by atoms with E-state index in [9.17, 15) is 9.59 Å². The van der Waals surface area contributed by atoms with Crippen molar-refractivity contribution >= 4 is 29.4 Å². The zero-order chi connectivity index (χ0) is 24.2. The summed E-state index contributed by atoms with van der Waals surface area (Å²) in [6.45, 7) is 3.92. The smallest absolute Gasteiger partial charge is 0.254 e. The molecule has 9 nitrogen and oxygen atoms in total. The van der Waals surface area contributed by atoms with Crippen molar-refractivity contribution in [1.82, 2.24) is 20.2 Å². The lowest BCUT2D eigenvalue weighted by atomic mass is 10.0. The molecular weight excluding hydrogens is 470 g/mol. The van der Waals surface area contributed by atoms with Crippen LogP contribution in [0.2, 0.25) is 5.02 Å². The van der Waals surface area contributed by atoms with E-state index in [1.165, 1.54) is 0 Å². The standard InChI is InChI=1S/C25H30ClN5O4/c26-21-12-28-25(29-19-5-8-34-9-6-19)30-23(21)17-3-4-18-13-31(24(33)20(18)10-17)14-22(32)27-11-16-2-1-7-35-15-16/h3-4,10,12,16,19H,1-2,5-9,11,13-15H2,(H,27,32)(H,28,29,30). The largest absolute Gasteiger partial charge is 0.381 e. The van der Waals surface area contributed by atoms with Gasteiger partial charge in [-0.3, -0.25) is 9.59 Å². The van der Waals surface area contributed by atoms with Crippen molar-refractivity contribution in [3.63, 3.8) is 0 Å². The van der Waals surface area contributed by atoms with Crippen molar-refractivity contribution in [3.05, 3.63) is 40.5 Å². The first kappa shape index (κ1) is 24.0. The Morgan fingerprint density at radius 2 is 2.03 bits per heavy atom. The SMILES string of the molecule is O=C(CN1Cc2ccc(-c3nc(NC4CCOCC4)ncc3Cl)cc2C1=O)NCC1CCCOC1. The molecule has 0 saturated carbocycles. The molecular formula is C25H30ClN5O4. The van der Waals surface area contributed by atoms with E-state index >= 15 is 0 Å². The fraction of sp³-hybridized carbons (Fsp3) is 0.520. The van der Waals surface area contributed by atoms with Crippen LogP contribution >= 0.6 is 11.6 Å². The average Bonchev–Trinajstić information content (AvgIpc) is 3.19. The Bertz CT molecular complexity index is 1090. The van der Waals surface area contributed by atoms with Gasteiger partial charge in [0.2, 0.25) is 11.9 Å². The Hall–Kier alpha value is -2.75. The van der Waals surface area contributed by atoms with Crippen molar-refractivity contribution in [1.29, 1.82) is 0 Å². The Balaban J connectivity index is 1.24. The Kier molecular flexibility index (Phi) is 7.46. The van der Waals surface area contributed by atoms with Crippen LogP contribution in [0.3, 0.4) is 0 Å². The van der Waals surface area contributed by atoms with E-state index in [1.54, 1.807) is 17.2 Å². The quantitative estimate of drug-likeness (QED) is 0.603. The maximum absolute atomic E-state index is 13.1. The predicted molar refractivity (Wildman–Crippen MR) is 131 cm³/mol. The fourth-order valence-electron chi connectivity index (χ4n) is 4.76. The van der Waals surface area contributed by atoms with Gasteiger partial charge in [-0.15, -0.1) is 0 Å². The molecule has 10 heteroatoms. The number of rotatable bonds is 7. The first-order valence-electron chi connectivity index (χ1n) is 12.2. The van der Waals surface area contributed by atoms with Crippen molar-refractivity contribution in [2.45, 2.75) is 38.3 Å². The molecule has 1 aromatic carbocycles. The van der Waals surface area contributed by atoms with Gasteiger partial charge < -0.3 is 25.0 Å². The third-order valence-electron chi connectivity index (χ3n) is 6.74. The van der Waals surface area contributed by atoms with Crippen LogP contribution < -0.4 is 10.6 Å². The number of nitrogens with one attached hydrogen (secondary N) is 2. The number of anilines is 1. The van der Waals surface area contributed by atoms with Crippen LogP contribution in [-0.2, 0) is 20.8 Å². The highest BCUT2D eigenvalue weighted by Gasteiger charge is 2.30. The van der Waals surface area contributed by atoms with Crippen LogP contribution in [0.4, 0.5) is 5.95 Å². The molecule has 2 fully saturated rings. The highest BCUT2D eigenvalue weighted by Crippen LogP contribution is 2.31. The number of hydrogen-bond acceptors (Lipinski definition) is 7. The molecule has 35 heavy (non-hydrogen) atoms. The first-order chi connectivity index (χ1) is 17.1. The van der Waals surface area contributed by atoms with E-state index in [1.807, 2.05) is 12.1 Å². The molecule has 3 aliphatic rings. The van der Waals surface area contributed by atoms with Crippen LogP contribution in [-0.4, -0.2) is 72.2 Å². The molecule has 0 aliphatic carbocycles. The molecule has 0 spiro atoms. The lowest BCUT2D eigenvalue weighted by Crippen LogP contribution is -2.40. The van der Waals surface area contributed by atoms with Crippen LogP contribution in [0.15, 0.2) is 24.4 Å². The minimum absolute atomic E-state index is 0.0316. The minimum atomic E-state index is -0.163. The number of ether oxygens (including phenoxy) is 2. The second-order valence-corrected chi connectivity index (χ2v) is 9.75. The molecule has 2 amide bonds. The molecule has 0 bridgehead atoms. The summed E-state index contributed by atoms with van der Waals surface area (Å²) >= 11 is 6.43. The highest BCUT2D eigenvalue weighted by atomic mass is 35.5. The Labute approximate surface area is 209 Å². The van der Waals surface area contributed by atoms with Gasteiger partial charge in [0.1, 0.15) is 6.54 Å². The number of carbonyl (C=O) groups is 2. The van der Waals surface area contributed by atoms with Crippen molar-refractivity contribution in [2.24, 2.45) is 5.92 Å². The third kappa shape index (κ3) is 5.74.